The molecule has 0 N–H and O–H groups in total. The fourth-order valence-electron chi connectivity index (χ4n) is 3.00. The van der Waals surface area contributed by atoms with Gasteiger partial charge in [0.1, 0.15) is 0 Å². The first kappa shape index (κ1) is 13.6. The zero-order valence-corrected chi connectivity index (χ0v) is 12.4. The maximum atomic E-state index is 12.7. The summed E-state index contributed by atoms with van der Waals surface area (Å²) in [4.78, 5) is 25.3. The van der Waals surface area contributed by atoms with Crippen LogP contribution in [0.15, 0.2) is 73.1 Å². The summed E-state index contributed by atoms with van der Waals surface area (Å²) in [5.41, 5.74) is 2.99. The van der Waals surface area contributed by atoms with Gasteiger partial charge in [0.2, 0.25) is 0 Å². The second-order valence-corrected chi connectivity index (χ2v) is 5.63. The van der Waals surface area contributed by atoms with Crippen LogP contribution >= 0.6 is 0 Å². The number of hydrogen-bond donors (Lipinski definition) is 0. The molecule has 0 saturated carbocycles. The Bertz CT molecular complexity index is 929. The third-order valence-electron chi connectivity index (χ3n) is 4.13. The lowest BCUT2D eigenvalue weighted by Crippen LogP contribution is -2.33. The van der Waals surface area contributed by atoms with Crippen molar-refractivity contribution in [2.45, 2.75) is 6.54 Å². The number of ketones is 2. The Morgan fingerprint density at radius 2 is 1.26 bits per heavy atom. The molecule has 4 rings (SSSR count). The number of pyridine rings is 1. The van der Waals surface area contributed by atoms with Crippen LogP contribution in [0.1, 0.15) is 37.4 Å². The second-order valence-electron chi connectivity index (χ2n) is 5.63. The summed E-state index contributed by atoms with van der Waals surface area (Å²) in [6.07, 6.45) is 3.95. The van der Waals surface area contributed by atoms with E-state index in [0.717, 1.165) is 5.56 Å². The number of fused-ring (bicyclic) bond motifs is 2. The Morgan fingerprint density at radius 1 is 0.652 bits per heavy atom. The van der Waals surface area contributed by atoms with Crippen molar-refractivity contribution in [1.29, 1.82) is 0 Å². The van der Waals surface area contributed by atoms with Crippen LogP contribution in [-0.4, -0.2) is 11.6 Å². The van der Waals surface area contributed by atoms with Gasteiger partial charge >= 0.3 is 0 Å². The zero-order valence-electron chi connectivity index (χ0n) is 12.4. The Morgan fingerprint density at radius 3 is 1.96 bits per heavy atom. The molecule has 0 aliphatic heterocycles. The molecule has 0 unspecified atom stereocenters. The van der Waals surface area contributed by atoms with E-state index in [4.69, 9.17) is 0 Å². The SMILES string of the molecule is O=C1c2ccccc2C(=O)c2cc(C[n+]3ccccc3)ccc21. The monoisotopic (exact) mass is 300 g/mol. The van der Waals surface area contributed by atoms with E-state index in [1.54, 1.807) is 30.3 Å². The van der Waals surface area contributed by atoms with Crippen LogP contribution in [-0.2, 0) is 6.54 Å². The molecular formula is C20H14NO2+. The third-order valence-corrected chi connectivity index (χ3v) is 4.13. The third kappa shape index (κ3) is 2.27. The summed E-state index contributed by atoms with van der Waals surface area (Å²) in [5, 5.41) is 0. The molecule has 2 aromatic carbocycles. The maximum absolute atomic E-state index is 12.7. The molecule has 1 heterocycles. The predicted octanol–water partition coefficient (Wildman–Crippen LogP) is 2.80. The first-order valence-electron chi connectivity index (χ1n) is 7.49. The summed E-state index contributed by atoms with van der Waals surface area (Å²) in [7, 11) is 0. The number of rotatable bonds is 2. The fraction of sp³-hybridized carbons (Fsp3) is 0.0500. The summed E-state index contributed by atoms with van der Waals surface area (Å²) in [6.45, 7) is 0.664. The fourth-order valence-corrected chi connectivity index (χ4v) is 3.00. The highest BCUT2D eigenvalue weighted by Crippen LogP contribution is 2.27. The van der Waals surface area contributed by atoms with E-state index in [1.165, 1.54) is 0 Å². The van der Waals surface area contributed by atoms with Crippen LogP contribution in [0, 0.1) is 0 Å². The largest absolute Gasteiger partial charge is 0.289 e. The molecule has 0 amide bonds. The molecule has 0 saturated heterocycles. The molecule has 0 spiro atoms. The van der Waals surface area contributed by atoms with Gasteiger partial charge in [0, 0.05) is 39.9 Å². The van der Waals surface area contributed by atoms with Gasteiger partial charge in [0.25, 0.3) is 0 Å². The topological polar surface area (TPSA) is 38.0 Å². The minimum atomic E-state index is -0.0749. The molecule has 0 radical (unpaired) electrons. The molecule has 3 heteroatoms. The predicted molar refractivity (Wildman–Crippen MR) is 85.5 cm³/mol. The van der Waals surface area contributed by atoms with Crippen molar-refractivity contribution in [2.24, 2.45) is 0 Å². The van der Waals surface area contributed by atoms with E-state index in [-0.39, 0.29) is 11.6 Å². The Kier molecular flexibility index (Phi) is 3.12. The van der Waals surface area contributed by atoms with E-state index in [9.17, 15) is 9.59 Å². The van der Waals surface area contributed by atoms with Gasteiger partial charge < -0.3 is 0 Å². The first-order chi connectivity index (χ1) is 11.2. The molecule has 3 nitrogen and oxygen atoms in total. The minimum Gasteiger partial charge on any atom is -0.289 e. The highest BCUT2D eigenvalue weighted by molar-refractivity contribution is 6.28. The normalized spacial score (nSPS) is 12.7. The minimum absolute atomic E-state index is 0.0740. The Balaban J connectivity index is 1.77. The maximum Gasteiger partial charge on any atom is 0.194 e. The zero-order chi connectivity index (χ0) is 15.8. The molecule has 0 atom stereocenters. The van der Waals surface area contributed by atoms with Crippen molar-refractivity contribution in [2.75, 3.05) is 0 Å². The van der Waals surface area contributed by atoms with Crippen LogP contribution < -0.4 is 4.57 Å². The van der Waals surface area contributed by atoms with Crippen LogP contribution in [0.25, 0.3) is 0 Å². The van der Waals surface area contributed by atoms with Crippen molar-refractivity contribution in [3.05, 3.63) is 101 Å². The summed E-state index contributed by atoms with van der Waals surface area (Å²) in [5.74, 6) is -0.149. The average molecular weight is 300 g/mol. The summed E-state index contributed by atoms with van der Waals surface area (Å²) >= 11 is 0. The summed E-state index contributed by atoms with van der Waals surface area (Å²) < 4.78 is 2.03. The number of benzene rings is 2. The van der Waals surface area contributed by atoms with Gasteiger partial charge in [-0.1, -0.05) is 36.4 Å². The van der Waals surface area contributed by atoms with E-state index >= 15 is 0 Å². The molecule has 0 fully saturated rings. The molecule has 1 aliphatic carbocycles. The number of aromatic nitrogens is 1. The van der Waals surface area contributed by atoms with Gasteiger partial charge in [-0.05, 0) is 12.1 Å². The molecule has 0 bridgehead atoms. The molecule has 110 valence electrons. The van der Waals surface area contributed by atoms with E-state index < -0.39 is 0 Å². The first-order valence-corrected chi connectivity index (χ1v) is 7.49. The van der Waals surface area contributed by atoms with E-state index in [1.807, 2.05) is 47.3 Å². The molecular weight excluding hydrogens is 286 g/mol. The highest BCUT2D eigenvalue weighted by Gasteiger charge is 2.29. The quantitative estimate of drug-likeness (QED) is 0.534. The van der Waals surface area contributed by atoms with Gasteiger partial charge in [-0.3, -0.25) is 9.59 Å². The lowest BCUT2D eigenvalue weighted by molar-refractivity contribution is -0.688. The number of carbonyl (C=O) groups excluding carboxylic acids is 2. The van der Waals surface area contributed by atoms with Gasteiger partial charge in [0.15, 0.2) is 30.5 Å². The molecule has 23 heavy (non-hydrogen) atoms. The van der Waals surface area contributed by atoms with Gasteiger partial charge in [0.05, 0.1) is 0 Å². The van der Waals surface area contributed by atoms with Gasteiger partial charge in [-0.25, -0.2) is 4.57 Å². The molecule has 3 aromatic rings. The lowest BCUT2D eigenvalue weighted by atomic mass is 9.83. The number of carbonyl (C=O) groups is 2. The van der Waals surface area contributed by atoms with Crippen molar-refractivity contribution >= 4 is 11.6 Å². The van der Waals surface area contributed by atoms with Crippen LogP contribution in [0.3, 0.4) is 0 Å². The average Bonchev–Trinajstić information content (AvgIpc) is 2.60. The van der Waals surface area contributed by atoms with Crippen LogP contribution in [0.4, 0.5) is 0 Å². The molecule has 1 aliphatic rings. The van der Waals surface area contributed by atoms with E-state index in [0.29, 0.717) is 28.8 Å². The number of nitrogens with zero attached hydrogens (tertiary/aromatic N) is 1. The number of hydrogen-bond acceptors (Lipinski definition) is 2. The second kappa shape index (κ2) is 5.29. The Labute approximate surface area is 133 Å². The van der Waals surface area contributed by atoms with Gasteiger partial charge in [-0.15, -0.1) is 0 Å². The van der Waals surface area contributed by atoms with Crippen molar-refractivity contribution < 1.29 is 14.2 Å². The van der Waals surface area contributed by atoms with Gasteiger partial charge in [-0.2, -0.15) is 0 Å². The Hall–Kier alpha value is -3.07. The van der Waals surface area contributed by atoms with E-state index in [2.05, 4.69) is 0 Å². The summed E-state index contributed by atoms with van der Waals surface area (Å²) in [6, 6.07) is 18.4. The lowest BCUT2D eigenvalue weighted by Gasteiger charge is -2.17. The van der Waals surface area contributed by atoms with Crippen LogP contribution in [0.2, 0.25) is 0 Å². The smallest absolute Gasteiger partial charge is 0.194 e. The standard InChI is InChI=1S/C20H14NO2/c22-19-15-6-2-3-7-16(15)20(23)18-12-14(8-9-17(18)19)13-21-10-4-1-5-11-21/h1-12H,13H2/q+1. The highest BCUT2D eigenvalue weighted by atomic mass is 16.1. The van der Waals surface area contributed by atoms with Crippen molar-refractivity contribution in [3.63, 3.8) is 0 Å². The van der Waals surface area contributed by atoms with Crippen molar-refractivity contribution in [3.8, 4) is 0 Å². The molecule has 1 aromatic heterocycles. The van der Waals surface area contributed by atoms with Crippen molar-refractivity contribution in [1.82, 2.24) is 0 Å². The van der Waals surface area contributed by atoms with Crippen LogP contribution in [0.5, 0.6) is 0 Å².